The molecule has 3 aromatic rings. The first-order valence-corrected chi connectivity index (χ1v) is 11.7. The van der Waals surface area contributed by atoms with E-state index >= 15 is 0 Å². The SMILES string of the molecule is C[C@@H](NC1CC[C@H](c2ccc(S(C)(=O)=O)cc2)C1)c1cccc2cccnc12. The highest BCUT2D eigenvalue weighted by atomic mass is 32.2. The lowest BCUT2D eigenvalue weighted by Gasteiger charge is -2.21. The van der Waals surface area contributed by atoms with E-state index in [1.165, 1.54) is 22.8 Å². The van der Waals surface area contributed by atoms with Crippen LogP contribution in [0.4, 0.5) is 0 Å². The van der Waals surface area contributed by atoms with Crippen molar-refractivity contribution in [2.45, 2.75) is 49.1 Å². The molecule has 1 saturated carbocycles. The quantitative estimate of drug-likeness (QED) is 0.686. The maximum Gasteiger partial charge on any atom is 0.175 e. The van der Waals surface area contributed by atoms with Crippen molar-refractivity contribution >= 4 is 20.7 Å². The molecule has 2 aromatic carbocycles. The lowest BCUT2D eigenvalue weighted by molar-refractivity contribution is 0.458. The van der Waals surface area contributed by atoms with Crippen molar-refractivity contribution < 1.29 is 8.42 Å². The molecule has 0 saturated heterocycles. The van der Waals surface area contributed by atoms with Crippen LogP contribution in [-0.4, -0.2) is 25.7 Å². The number of fused-ring (bicyclic) bond motifs is 1. The van der Waals surface area contributed by atoms with Crippen LogP contribution < -0.4 is 5.32 Å². The van der Waals surface area contributed by atoms with E-state index in [4.69, 9.17) is 0 Å². The van der Waals surface area contributed by atoms with Gasteiger partial charge in [-0.2, -0.15) is 0 Å². The molecule has 4 rings (SSSR count). The largest absolute Gasteiger partial charge is 0.307 e. The van der Waals surface area contributed by atoms with E-state index < -0.39 is 9.84 Å². The summed E-state index contributed by atoms with van der Waals surface area (Å²) in [6.45, 7) is 2.21. The Morgan fingerprint density at radius 3 is 2.54 bits per heavy atom. The zero-order chi connectivity index (χ0) is 19.7. The lowest BCUT2D eigenvalue weighted by Crippen LogP contribution is -2.29. The molecular weight excluding hydrogens is 368 g/mol. The Bertz CT molecular complexity index is 1070. The molecule has 1 unspecified atom stereocenters. The van der Waals surface area contributed by atoms with Crippen LogP contribution in [0.3, 0.4) is 0 Å². The van der Waals surface area contributed by atoms with Gasteiger partial charge in [-0.3, -0.25) is 4.98 Å². The van der Waals surface area contributed by atoms with Gasteiger partial charge in [-0.1, -0.05) is 36.4 Å². The summed E-state index contributed by atoms with van der Waals surface area (Å²) in [4.78, 5) is 4.97. The molecule has 0 aliphatic heterocycles. The van der Waals surface area contributed by atoms with Crippen LogP contribution in [0.25, 0.3) is 10.9 Å². The Morgan fingerprint density at radius 2 is 1.79 bits per heavy atom. The van der Waals surface area contributed by atoms with Crippen molar-refractivity contribution in [3.8, 4) is 0 Å². The molecule has 146 valence electrons. The Balaban J connectivity index is 1.44. The summed E-state index contributed by atoms with van der Waals surface area (Å²) in [5.41, 5.74) is 3.53. The molecule has 1 heterocycles. The van der Waals surface area contributed by atoms with Crippen LogP contribution in [0, 0.1) is 0 Å². The van der Waals surface area contributed by atoms with E-state index in [1.807, 2.05) is 24.4 Å². The van der Waals surface area contributed by atoms with Gasteiger partial charge in [-0.05, 0) is 61.4 Å². The molecular formula is C23H26N2O2S. The Hall–Kier alpha value is -2.24. The zero-order valence-corrected chi connectivity index (χ0v) is 17.1. The average molecular weight is 395 g/mol. The molecule has 1 aromatic heterocycles. The van der Waals surface area contributed by atoms with Gasteiger partial charge in [-0.25, -0.2) is 8.42 Å². The van der Waals surface area contributed by atoms with Gasteiger partial charge in [0.1, 0.15) is 0 Å². The summed E-state index contributed by atoms with van der Waals surface area (Å²) >= 11 is 0. The van der Waals surface area contributed by atoms with Gasteiger partial charge in [0, 0.05) is 29.9 Å². The third-order valence-corrected chi connectivity index (χ3v) is 6.96. The smallest absolute Gasteiger partial charge is 0.175 e. The highest BCUT2D eigenvalue weighted by Gasteiger charge is 2.27. The number of rotatable bonds is 5. The number of pyridine rings is 1. The molecule has 0 radical (unpaired) electrons. The monoisotopic (exact) mass is 394 g/mol. The molecule has 1 fully saturated rings. The van der Waals surface area contributed by atoms with Crippen LogP contribution in [0.15, 0.2) is 65.7 Å². The second-order valence-corrected chi connectivity index (χ2v) is 9.87. The summed E-state index contributed by atoms with van der Waals surface area (Å²) in [5, 5.41) is 4.96. The van der Waals surface area contributed by atoms with Crippen LogP contribution in [0.1, 0.15) is 49.3 Å². The van der Waals surface area contributed by atoms with Crippen molar-refractivity contribution in [2.75, 3.05) is 6.26 Å². The van der Waals surface area contributed by atoms with Crippen LogP contribution >= 0.6 is 0 Å². The fourth-order valence-corrected chi connectivity index (χ4v) is 4.97. The van der Waals surface area contributed by atoms with Crippen molar-refractivity contribution in [1.29, 1.82) is 0 Å². The average Bonchev–Trinajstić information content (AvgIpc) is 3.15. The number of nitrogens with zero attached hydrogens (tertiary/aromatic N) is 1. The Labute approximate surface area is 166 Å². The fourth-order valence-electron chi connectivity index (χ4n) is 4.34. The molecule has 0 bridgehead atoms. The van der Waals surface area contributed by atoms with Gasteiger partial charge >= 0.3 is 0 Å². The first kappa shape index (κ1) is 19.1. The van der Waals surface area contributed by atoms with Crippen molar-refractivity contribution in [3.63, 3.8) is 0 Å². The van der Waals surface area contributed by atoms with E-state index in [0.717, 1.165) is 24.8 Å². The first-order chi connectivity index (χ1) is 13.4. The molecule has 0 spiro atoms. The maximum absolute atomic E-state index is 11.7. The normalized spacial score (nSPS) is 21.1. The highest BCUT2D eigenvalue weighted by Crippen LogP contribution is 2.36. The topological polar surface area (TPSA) is 59.1 Å². The second kappa shape index (κ2) is 7.64. The predicted octanol–water partition coefficient (Wildman–Crippen LogP) is 4.63. The maximum atomic E-state index is 11.7. The van der Waals surface area contributed by atoms with Gasteiger partial charge in [-0.15, -0.1) is 0 Å². The van der Waals surface area contributed by atoms with Crippen molar-refractivity contribution in [3.05, 3.63) is 71.9 Å². The van der Waals surface area contributed by atoms with Crippen LogP contribution in [0.2, 0.25) is 0 Å². The minimum Gasteiger partial charge on any atom is -0.307 e. The third-order valence-electron chi connectivity index (χ3n) is 5.83. The number of aromatic nitrogens is 1. The van der Waals surface area contributed by atoms with Crippen LogP contribution in [0.5, 0.6) is 0 Å². The summed E-state index contributed by atoms with van der Waals surface area (Å²) in [7, 11) is -3.14. The van der Waals surface area contributed by atoms with Crippen molar-refractivity contribution in [2.24, 2.45) is 0 Å². The molecule has 5 heteroatoms. The minimum absolute atomic E-state index is 0.231. The molecule has 4 nitrogen and oxygen atoms in total. The number of hydrogen-bond donors (Lipinski definition) is 1. The fraction of sp³-hybridized carbons (Fsp3) is 0.348. The number of para-hydroxylation sites is 1. The molecule has 3 atom stereocenters. The summed E-state index contributed by atoms with van der Waals surface area (Å²) in [5.74, 6) is 0.476. The molecule has 1 N–H and O–H groups in total. The van der Waals surface area contributed by atoms with E-state index in [0.29, 0.717) is 16.9 Å². The van der Waals surface area contributed by atoms with Crippen molar-refractivity contribution in [1.82, 2.24) is 10.3 Å². The van der Waals surface area contributed by atoms with Gasteiger partial charge < -0.3 is 5.32 Å². The molecule has 1 aliphatic rings. The predicted molar refractivity (Wildman–Crippen MR) is 113 cm³/mol. The zero-order valence-electron chi connectivity index (χ0n) is 16.3. The summed E-state index contributed by atoms with van der Waals surface area (Å²) < 4.78 is 23.3. The highest BCUT2D eigenvalue weighted by molar-refractivity contribution is 7.90. The van der Waals surface area contributed by atoms with Gasteiger partial charge in [0.25, 0.3) is 0 Å². The van der Waals surface area contributed by atoms with Gasteiger partial charge in [0.15, 0.2) is 9.84 Å². The summed E-state index contributed by atoms with van der Waals surface area (Å²) in [6, 6.07) is 18.5. The van der Waals surface area contributed by atoms with Crippen LogP contribution in [-0.2, 0) is 9.84 Å². The first-order valence-electron chi connectivity index (χ1n) is 9.81. The Kier molecular flexibility index (Phi) is 5.21. The minimum atomic E-state index is -3.14. The van der Waals surface area contributed by atoms with Gasteiger partial charge in [0.05, 0.1) is 10.4 Å². The third kappa shape index (κ3) is 3.96. The van der Waals surface area contributed by atoms with E-state index in [9.17, 15) is 8.42 Å². The van der Waals surface area contributed by atoms with E-state index in [2.05, 4.69) is 41.5 Å². The Morgan fingerprint density at radius 1 is 1.04 bits per heavy atom. The number of nitrogens with one attached hydrogen (secondary N) is 1. The van der Waals surface area contributed by atoms with E-state index in [1.54, 1.807) is 12.1 Å². The summed E-state index contributed by atoms with van der Waals surface area (Å²) in [6.07, 6.45) is 6.42. The van der Waals surface area contributed by atoms with E-state index in [-0.39, 0.29) is 6.04 Å². The number of benzene rings is 2. The second-order valence-electron chi connectivity index (χ2n) is 7.86. The standard InChI is InChI=1S/C23H26N2O2S/c1-16(22-7-3-5-18-6-4-14-24-23(18)22)25-20-11-8-19(15-20)17-9-12-21(13-10-17)28(2,26)27/h3-7,9-10,12-14,16,19-20,25H,8,11,15H2,1-2H3/t16-,19+,20?/m1/s1. The molecule has 28 heavy (non-hydrogen) atoms. The molecule has 1 aliphatic carbocycles. The number of hydrogen-bond acceptors (Lipinski definition) is 4. The number of sulfone groups is 1. The lowest BCUT2D eigenvalue weighted by atomic mass is 9.97. The van der Waals surface area contributed by atoms with Gasteiger partial charge in [0.2, 0.25) is 0 Å². The molecule has 0 amide bonds.